The van der Waals surface area contributed by atoms with Crippen LogP contribution in [0.15, 0.2) is 48.5 Å². The van der Waals surface area contributed by atoms with Crippen molar-refractivity contribution >= 4 is 28.9 Å². The third-order valence-corrected chi connectivity index (χ3v) is 3.17. The maximum absolute atomic E-state index is 12.1. The first-order valence-electron chi connectivity index (χ1n) is 6.78. The Kier molecular flexibility index (Phi) is 5.76. The van der Waals surface area contributed by atoms with Crippen molar-refractivity contribution in [1.82, 2.24) is 10.9 Å². The van der Waals surface area contributed by atoms with Crippen molar-refractivity contribution in [2.24, 2.45) is 0 Å². The lowest BCUT2D eigenvalue weighted by Gasteiger charge is -2.12. The normalized spacial score (nSPS) is 9.65. The molecule has 2 aromatic rings. The molecule has 0 atom stereocenters. The number of methoxy groups -OCH3 is 2. The van der Waals surface area contributed by atoms with Gasteiger partial charge < -0.3 is 14.8 Å². The molecule has 2 aromatic carbocycles. The summed E-state index contributed by atoms with van der Waals surface area (Å²) in [6.45, 7) is 0. The maximum Gasteiger partial charge on any atom is 0.269 e. The van der Waals surface area contributed by atoms with Crippen LogP contribution in [-0.4, -0.2) is 25.2 Å². The molecule has 2 rings (SSSR count). The van der Waals surface area contributed by atoms with Crippen LogP contribution < -0.4 is 25.6 Å². The molecular formula is C16H17N3O3S. The zero-order chi connectivity index (χ0) is 16.7. The number of para-hydroxylation sites is 1. The predicted octanol–water partition coefficient (Wildman–Crippen LogP) is 2.34. The highest BCUT2D eigenvalue weighted by atomic mass is 32.1. The van der Waals surface area contributed by atoms with Gasteiger partial charge in [0.25, 0.3) is 5.91 Å². The number of hydrogen-bond donors (Lipinski definition) is 3. The van der Waals surface area contributed by atoms with Crippen molar-refractivity contribution < 1.29 is 14.3 Å². The lowest BCUT2D eigenvalue weighted by molar-refractivity contribution is 0.0944. The van der Waals surface area contributed by atoms with Crippen molar-refractivity contribution in [2.75, 3.05) is 19.5 Å². The number of carbonyl (C=O) groups is 1. The molecule has 0 aliphatic carbocycles. The van der Waals surface area contributed by atoms with Crippen LogP contribution in [-0.2, 0) is 0 Å². The minimum absolute atomic E-state index is 0.282. The van der Waals surface area contributed by atoms with Gasteiger partial charge in [0.1, 0.15) is 0 Å². The Hall–Kier alpha value is -2.80. The SMILES string of the molecule is COc1ccc(C(=O)NNC(=S)Nc2ccccc2)cc1OC. The van der Waals surface area contributed by atoms with Crippen LogP contribution in [0.25, 0.3) is 0 Å². The van der Waals surface area contributed by atoms with Crippen LogP contribution in [0.2, 0.25) is 0 Å². The highest BCUT2D eigenvalue weighted by Gasteiger charge is 2.10. The van der Waals surface area contributed by atoms with E-state index in [1.54, 1.807) is 18.2 Å². The molecule has 0 saturated carbocycles. The predicted molar refractivity (Wildman–Crippen MR) is 92.8 cm³/mol. The van der Waals surface area contributed by atoms with Crippen molar-refractivity contribution in [3.63, 3.8) is 0 Å². The van der Waals surface area contributed by atoms with E-state index in [1.807, 2.05) is 30.3 Å². The van der Waals surface area contributed by atoms with Gasteiger partial charge in [-0.15, -0.1) is 0 Å². The molecule has 0 aliphatic rings. The van der Waals surface area contributed by atoms with E-state index >= 15 is 0 Å². The summed E-state index contributed by atoms with van der Waals surface area (Å²) in [6.07, 6.45) is 0. The third kappa shape index (κ3) is 4.58. The number of hydrogen-bond acceptors (Lipinski definition) is 4. The van der Waals surface area contributed by atoms with Gasteiger partial charge in [-0.25, -0.2) is 0 Å². The Bertz CT molecular complexity index is 692. The Balaban J connectivity index is 1.93. The van der Waals surface area contributed by atoms with Crippen molar-refractivity contribution in [3.05, 3.63) is 54.1 Å². The molecular weight excluding hydrogens is 314 g/mol. The van der Waals surface area contributed by atoms with Gasteiger partial charge in [-0.1, -0.05) is 18.2 Å². The van der Waals surface area contributed by atoms with Gasteiger partial charge in [-0.2, -0.15) is 0 Å². The second kappa shape index (κ2) is 8.00. The van der Waals surface area contributed by atoms with E-state index in [1.165, 1.54) is 14.2 Å². The fraction of sp³-hybridized carbons (Fsp3) is 0.125. The monoisotopic (exact) mass is 331 g/mol. The van der Waals surface area contributed by atoms with E-state index in [0.29, 0.717) is 17.1 Å². The number of nitrogens with one attached hydrogen (secondary N) is 3. The van der Waals surface area contributed by atoms with E-state index in [9.17, 15) is 4.79 Å². The van der Waals surface area contributed by atoms with Crippen LogP contribution in [0.1, 0.15) is 10.4 Å². The molecule has 0 radical (unpaired) electrons. The number of carbonyl (C=O) groups excluding carboxylic acids is 1. The summed E-state index contributed by atoms with van der Waals surface area (Å²) < 4.78 is 10.3. The molecule has 120 valence electrons. The summed E-state index contributed by atoms with van der Waals surface area (Å²) in [5.41, 5.74) is 6.40. The minimum Gasteiger partial charge on any atom is -0.493 e. The number of anilines is 1. The van der Waals surface area contributed by atoms with Crippen molar-refractivity contribution in [2.45, 2.75) is 0 Å². The quantitative estimate of drug-likeness (QED) is 0.590. The van der Waals surface area contributed by atoms with E-state index in [-0.39, 0.29) is 11.0 Å². The Labute approximate surface area is 139 Å². The molecule has 0 fully saturated rings. The maximum atomic E-state index is 12.1. The summed E-state index contributed by atoms with van der Waals surface area (Å²) >= 11 is 5.11. The molecule has 6 nitrogen and oxygen atoms in total. The van der Waals surface area contributed by atoms with Crippen LogP contribution >= 0.6 is 12.2 Å². The Morgan fingerprint density at radius 3 is 2.30 bits per heavy atom. The smallest absolute Gasteiger partial charge is 0.269 e. The van der Waals surface area contributed by atoms with Crippen LogP contribution in [0, 0.1) is 0 Å². The number of hydrazine groups is 1. The van der Waals surface area contributed by atoms with Gasteiger partial charge in [0.05, 0.1) is 14.2 Å². The molecule has 0 aliphatic heterocycles. The van der Waals surface area contributed by atoms with Crippen molar-refractivity contribution in [1.29, 1.82) is 0 Å². The second-order valence-corrected chi connectivity index (χ2v) is 4.88. The first kappa shape index (κ1) is 16.6. The van der Waals surface area contributed by atoms with Gasteiger partial charge in [-0.05, 0) is 42.5 Å². The highest BCUT2D eigenvalue weighted by Crippen LogP contribution is 2.27. The molecule has 0 heterocycles. The van der Waals surface area contributed by atoms with Gasteiger partial charge in [0.2, 0.25) is 0 Å². The summed E-state index contributed by atoms with van der Waals surface area (Å²) in [5, 5.41) is 3.23. The molecule has 3 N–H and O–H groups in total. The number of ether oxygens (including phenoxy) is 2. The molecule has 7 heteroatoms. The van der Waals surface area contributed by atoms with E-state index in [0.717, 1.165) is 5.69 Å². The van der Waals surface area contributed by atoms with Crippen LogP contribution in [0.4, 0.5) is 5.69 Å². The van der Waals surface area contributed by atoms with E-state index < -0.39 is 0 Å². The molecule has 0 unspecified atom stereocenters. The van der Waals surface area contributed by atoms with Gasteiger partial charge in [-0.3, -0.25) is 15.6 Å². The third-order valence-electron chi connectivity index (χ3n) is 2.97. The first-order valence-corrected chi connectivity index (χ1v) is 7.19. The zero-order valence-corrected chi connectivity index (χ0v) is 13.6. The summed E-state index contributed by atoms with van der Waals surface area (Å²) in [6, 6.07) is 14.3. The second-order valence-electron chi connectivity index (χ2n) is 4.47. The average Bonchev–Trinajstić information content (AvgIpc) is 2.59. The summed E-state index contributed by atoms with van der Waals surface area (Å²) in [7, 11) is 3.05. The summed E-state index contributed by atoms with van der Waals surface area (Å²) in [4.78, 5) is 12.1. The van der Waals surface area contributed by atoms with E-state index in [4.69, 9.17) is 21.7 Å². The molecule has 0 bridgehead atoms. The van der Waals surface area contributed by atoms with Gasteiger partial charge >= 0.3 is 0 Å². The lowest BCUT2D eigenvalue weighted by atomic mass is 10.2. The molecule has 1 amide bonds. The zero-order valence-electron chi connectivity index (χ0n) is 12.8. The van der Waals surface area contributed by atoms with E-state index in [2.05, 4.69) is 16.2 Å². The molecule has 0 saturated heterocycles. The fourth-order valence-corrected chi connectivity index (χ4v) is 2.02. The largest absolute Gasteiger partial charge is 0.493 e. The van der Waals surface area contributed by atoms with Crippen LogP contribution in [0.3, 0.4) is 0 Å². The van der Waals surface area contributed by atoms with Crippen molar-refractivity contribution in [3.8, 4) is 11.5 Å². The number of thiocarbonyl (C=S) groups is 1. The average molecular weight is 331 g/mol. The molecule has 23 heavy (non-hydrogen) atoms. The minimum atomic E-state index is -0.344. The highest BCUT2D eigenvalue weighted by molar-refractivity contribution is 7.80. The number of benzene rings is 2. The van der Waals surface area contributed by atoms with Gasteiger partial charge in [0, 0.05) is 11.3 Å². The standard InChI is InChI=1S/C16H17N3O3S/c1-21-13-9-8-11(10-14(13)22-2)15(20)18-19-16(23)17-12-6-4-3-5-7-12/h3-10H,1-2H3,(H,18,20)(H2,17,19,23). The topological polar surface area (TPSA) is 71.6 Å². The Morgan fingerprint density at radius 2 is 1.65 bits per heavy atom. The molecule has 0 spiro atoms. The number of rotatable bonds is 4. The van der Waals surface area contributed by atoms with Crippen LogP contribution in [0.5, 0.6) is 11.5 Å². The Morgan fingerprint density at radius 1 is 0.957 bits per heavy atom. The lowest BCUT2D eigenvalue weighted by Crippen LogP contribution is -2.43. The number of amides is 1. The fourth-order valence-electron chi connectivity index (χ4n) is 1.85. The van der Waals surface area contributed by atoms with Gasteiger partial charge in [0.15, 0.2) is 16.6 Å². The summed E-state index contributed by atoms with van der Waals surface area (Å²) in [5.74, 6) is 0.687. The first-order chi connectivity index (χ1) is 11.1. The molecule has 0 aromatic heterocycles.